The Bertz CT molecular complexity index is 1260. The van der Waals surface area contributed by atoms with Crippen LogP contribution in [-0.2, 0) is 21.1 Å². The molecular weight excluding hydrogens is 424 g/mol. The Morgan fingerprint density at radius 3 is 2.75 bits per heavy atom. The quantitative estimate of drug-likeness (QED) is 0.636. The number of aryl methyl sites for hydroxylation is 1. The fraction of sp³-hybridized carbons (Fsp3) is 0.375. The van der Waals surface area contributed by atoms with Crippen molar-refractivity contribution >= 4 is 32.2 Å². The summed E-state index contributed by atoms with van der Waals surface area (Å²) >= 11 is 0. The van der Waals surface area contributed by atoms with Crippen molar-refractivity contribution in [1.29, 1.82) is 0 Å². The van der Waals surface area contributed by atoms with Gasteiger partial charge in [-0.2, -0.15) is 0 Å². The molecule has 0 spiro atoms. The number of benzene rings is 2. The summed E-state index contributed by atoms with van der Waals surface area (Å²) in [6.45, 7) is 5.59. The van der Waals surface area contributed by atoms with Crippen molar-refractivity contribution in [2.45, 2.75) is 24.4 Å². The van der Waals surface area contributed by atoms with Gasteiger partial charge in [0.15, 0.2) is 9.84 Å². The molecule has 0 saturated carbocycles. The maximum atomic E-state index is 12.8. The third kappa shape index (κ3) is 3.83. The second-order valence-corrected chi connectivity index (χ2v) is 10.6. The number of aromatic nitrogens is 1. The molecule has 0 amide bonds. The predicted octanol–water partition coefficient (Wildman–Crippen LogP) is 2.50. The standard InChI is InChI=1S/C24H28N4O3S/c1-17-6-7-21-20(12-17)22(28(9-8-25)19-15-31-16-19)13-24(26-21)27-10-11-32(29,30)23-5-3-2-4-18(23)14-27/h2-7,12-13,19H,8-11,14-16,25H2,1H3. The molecule has 1 aromatic heterocycles. The van der Waals surface area contributed by atoms with E-state index < -0.39 is 9.84 Å². The lowest BCUT2D eigenvalue weighted by atomic mass is 10.1. The van der Waals surface area contributed by atoms with Crippen LogP contribution in [0.5, 0.6) is 0 Å². The minimum atomic E-state index is -3.32. The number of fused-ring (bicyclic) bond motifs is 2. The summed E-state index contributed by atoms with van der Waals surface area (Å²) in [5.41, 5.74) is 9.91. The van der Waals surface area contributed by atoms with Crippen molar-refractivity contribution in [1.82, 2.24) is 4.98 Å². The van der Waals surface area contributed by atoms with E-state index in [9.17, 15) is 8.42 Å². The Morgan fingerprint density at radius 1 is 1.19 bits per heavy atom. The highest BCUT2D eigenvalue weighted by atomic mass is 32.2. The zero-order valence-electron chi connectivity index (χ0n) is 18.2. The average molecular weight is 453 g/mol. The summed E-state index contributed by atoms with van der Waals surface area (Å²) in [6, 6.07) is 15.9. The molecule has 1 saturated heterocycles. The molecule has 2 aromatic carbocycles. The summed E-state index contributed by atoms with van der Waals surface area (Å²) in [5.74, 6) is 0.848. The van der Waals surface area contributed by atoms with Gasteiger partial charge in [0, 0.05) is 37.6 Å². The zero-order valence-corrected chi connectivity index (χ0v) is 19.0. The Hall–Kier alpha value is -2.68. The van der Waals surface area contributed by atoms with E-state index in [0.717, 1.165) is 34.5 Å². The van der Waals surface area contributed by atoms with Crippen LogP contribution >= 0.6 is 0 Å². The molecule has 32 heavy (non-hydrogen) atoms. The Balaban J connectivity index is 1.63. The molecule has 3 aromatic rings. The van der Waals surface area contributed by atoms with Gasteiger partial charge in [0.05, 0.1) is 41.1 Å². The second kappa shape index (κ2) is 8.35. The van der Waals surface area contributed by atoms with Gasteiger partial charge in [-0.15, -0.1) is 0 Å². The largest absolute Gasteiger partial charge is 0.377 e. The first-order chi connectivity index (χ1) is 15.5. The van der Waals surface area contributed by atoms with E-state index in [2.05, 4.69) is 34.9 Å². The molecule has 2 aliphatic rings. The van der Waals surface area contributed by atoms with Crippen molar-refractivity contribution in [2.75, 3.05) is 48.4 Å². The van der Waals surface area contributed by atoms with Gasteiger partial charge < -0.3 is 20.3 Å². The molecule has 5 rings (SSSR count). The highest BCUT2D eigenvalue weighted by molar-refractivity contribution is 7.91. The van der Waals surface area contributed by atoms with Gasteiger partial charge in [-0.3, -0.25) is 0 Å². The van der Waals surface area contributed by atoms with Crippen molar-refractivity contribution in [3.63, 3.8) is 0 Å². The topological polar surface area (TPSA) is 88.8 Å². The van der Waals surface area contributed by atoms with Crippen molar-refractivity contribution < 1.29 is 13.2 Å². The first kappa shape index (κ1) is 21.2. The normalized spacial score (nSPS) is 18.1. The first-order valence-corrected chi connectivity index (χ1v) is 12.6. The Kier molecular flexibility index (Phi) is 5.53. The maximum absolute atomic E-state index is 12.8. The molecule has 168 valence electrons. The van der Waals surface area contributed by atoms with Crippen LogP contribution in [0.3, 0.4) is 0 Å². The minimum Gasteiger partial charge on any atom is -0.377 e. The van der Waals surface area contributed by atoms with Crippen molar-refractivity contribution in [3.8, 4) is 0 Å². The number of nitrogens with zero attached hydrogens (tertiary/aromatic N) is 3. The molecule has 7 nitrogen and oxygen atoms in total. The molecule has 1 fully saturated rings. The number of anilines is 2. The molecule has 0 unspecified atom stereocenters. The fourth-order valence-corrected chi connectivity index (χ4v) is 6.01. The molecule has 0 radical (unpaired) electrons. The first-order valence-electron chi connectivity index (χ1n) is 11.0. The Labute approximate surface area is 188 Å². The minimum absolute atomic E-state index is 0.0654. The van der Waals surface area contributed by atoms with Crippen LogP contribution in [0.4, 0.5) is 11.5 Å². The van der Waals surface area contributed by atoms with Gasteiger partial charge in [0.1, 0.15) is 5.82 Å². The third-order valence-electron chi connectivity index (χ3n) is 6.29. The summed E-state index contributed by atoms with van der Waals surface area (Å²) < 4.78 is 31.1. The van der Waals surface area contributed by atoms with Gasteiger partial charge in [-0.1, -0.05) is 29.8 Å². The number of ether oxygens (including phenoxy) is 1. The zero-order chi connectivity index (χ0) is 22.3. The van der Waals surface area contributed by atoms with Crippen LogP contribution in [0.25, 0.3) is 10.9 Å². The smallest absolute Gasteiger partial charge is 0.180 e. The summed E-state index contributed by atoms with van der Waals surface area (Å²) in [5, 5.41) is 1.08. The highest BCUT2D eigenvalue weighted by Gasteiger charge is 2.29. The molecule has 0 aliphatic carbocycles. The van der Waals surface area contributed by atoms with Gasteiger partial charge in [-0.05, 0) is 30.7 Å². The second-order valence-electron chi connectivity index (χ2n) is 8.54. The summed E-state index contributed by atoms with van der Waals surface area (Å²) in [4.78, 5) is 9.77. The van der Waals surface area contributed by atoms with E-state index in [0.29, 0.717) is 37.7 Å². The van der Waals surface area contributed by atoms with Crippen LogP contribution in [0.15, 0.2) is 53.4 Å². The van der Waals surface area contributed by atoms with Crippen LogP contribution in [0.1, 0.15) is 11.1 Å². The summed E-state index contributed by atoms with van der Waals surface area (Å²) in [6.07, 6.45) is 0. The van der Waals surface area contributed by atoms with E-state index >= 15 is 0 Å². The number of hydrogen-bond donors (Lipinski definition) is 1. The van der Waals surface area contributed by atoms with Gasteiger partial charge in [0.2, 0.25) is 0 Å². The summed E-state index contributed by atoms with van der Waals surface area (Å²) in [7, 11) is -3.32. The molecular formula is C24H28N4O3S. The molecule has 3 heterocycles. The number of nitrogens with two attached hydrogens (primary N) is 1. The number of hydrogen-bond acceptors (Lipinski definition) is 7. The molecule has 0 atom stereocenters. The van der Waals surface area contributed by atoms with Crippen LogP contribution < -0.4 is 15.5 Å². The van der Waals surface area contributed by atoms with Crippen molar-refractivity contribution in [3.05, 3.63) is 59.7 Å². The fourth-order valence-electron chi connectivity index (χ4n) is 4.51. The van der Waals surface area contributed by atoms with Crippen molar-refractivity contribution in [2.24, 2.45) is 5.73 Å². The van der Waals surface area contributed by atoms with E-state index in [1.54, 1.807) is 12.1 Å². The molecule has 8 heteroatoms. The molecule has 2 N–H and O–H groups in total. The van der Waals surface area contributed by atoms with Crippen LogP contribution in [0.2, 0.25) is 0 Å². The van der Waals surface area contributed by atoms with Crippen LogP contribution in [0, 0.1) is 6.92 Å². The lowest BCUT2D eigenvalue weighted by Gasteiger charge is -2.39. The Morgan fingerprint density at radius 2 is 2.00 bits per heavy atom. The lowest BCUT2D eigenvalue weighted by molar-refractivity contribution is 0.00840. The monoisotopic (exact) mass is 452 g/mol. The number of rotatable bonds is 5. The van der Waals surface area contributed by atoms with Gasteiger partial charge >= 0.3 is 0 Å². The molecule has 2 aliphatic heterocycles. The molecule has 0 bridgehead atoms. The lowest BCUT2D eigenvalue weighted by Crippen LogP contribution is -2.51. The highest BCUT2D eigenvalue weighted by Crippen LogP contribution is 2.34. The maximum Gasteiger partial charge on any atom is 0.180 e. The predicted molar refractivity (Wildman–Crippen MR) is 127 cm³/mol. The third-order valence-corrected chi connectivity index (χ3v) is 8.08. The van der Waals surface area contributed by atoms with E-state index in [-0.39, 0.29) is 11.8 Å². The van der Waals surface area contributed by atoms with E-state index in [4.69, 9.17) is 15.5 Å². The van der Waals surface area contributed by atoms with Gasteiger partial charge in [0.25, 0.3) is 0 Å². The average Bonchev–Trinajstić information content (AvgIpc) is 2.88. The SMILES string of the molecule is Cc1ccc2nc(N3CCS(=O)(=O)c4ccccc4C3)cc(N(CCN)C3COC3)c2c1. The van der Waals surface area contributed by atoms with Crippen LogP contribution in [-0.4, -0.2) is 58.0 Å². The van der Waals surface area contributed by atoms with Gasteiger partial charge in [-0.25, -0.2) is 13.4 Å². The number of pyridine rings is 1. The van der Waals surface area contributed by atoms with E-state index in [1.807, 2.05) is 18.2 Å². The van der Waals surface area contributed by atoms with E-state index in [1.165, 1.54) is 5.56 Å². The number of sulfone groups is 1.